The molecule has 0 bridgehead atoms. The number of amides is 1. The molecule has 0 saturated heterocycles. The molecule has 0 atom stereocenters. The van der Waals surface area contributed by atoms with Gasteiger partial charge in [-0.2, -0.15) is 5.26 Å². The molecular weight excluding hydrogens is 164 g/mol. The van der Waals surface area contributed by atoms with Crippen LogP contribution in [0.5, 0.6) is 0 Å². The zero-order valence-corrected chi connectivity index (χ0v) is 7.10. The van der Waals surface area contributed by atoms with Gasteiger partial charge >= 0.3 is 0 Å². The fourth-order valence-corrected chi connectivity index (χ4v) is 0.945. The van der Waals surface area contributed by atoms with Crippen molar-refractivity contribution in [3.8, 4) is 6.19 Å². The van der Waals surface area contributed by atoms with E-state index in [4.69, 9.17) is 5.26 Å². The maximum absolute atomic E-state index is 10.8. The molecule has 13 heavy (non-hydrogen) atoms. The molecule has 0 aliphatic carbocycles. The van der Waals surface area contributed by atoms with Gasteiger partial charge in [0.15, 0.2) is 6.19 Å². The molecule has 0 aliphatic rings. The number of hydrogen-bond donors (Lipinski definition) is 0. The average molecular weight is 173 g/mol. The summed E-state index contributed by atoms with van der Waals surface area (Å²) in [5.74, 6) is -0.480. The molecule has 0 N–H and O–H groups in total. The van der Waals surface area contributed by atoms with Gasteiger partial charge in [0, 0.05) is 6.92 Å². The van der Waals surface area contributed by atoms with Crippen LogP contribution in [0.1, 0.15) is 5.56 Å². The minimum atomic E-state index is -0.480. The second kappa shape index (κ2) is 4.27. The molecule has 0 saturated carbocycles. The van der Waals surface area contributed by atoms with E-state index in [1.165, 1.54) is 0 Å². The van der Waals surface area contributed by atoms with Crippen LogP contribution in [-0.2, 0) is 11.3 Å². The highest BCUT2D eigenvalue weighted by Gasteiger charge is 2.06. The summed E-state index contributed by atoms with van der Waals surface area (Å²) in [5, 5.41) is 8.57. The third-order valence-electron chi connectivity index (χ3n) is 1.61. The Morgan fingerprint density at radius 3 is 2.54 bits per heavy atom. The minimum absolute atomic E-state index is 0.291. The van der Waals surface area contributed by atoms with Crippen LogP contribution in [0, 0.1) is 18.4 Å². The Hall–Kier alpha value is -1.82. The maximum atomic E-state index is 10.8. The van der Waals surface area contributed by atoms with Gasteiger partial charge in [0.1, 0.15) is 0 Å². The SMILES string of the molecule is [CH2]C(=O)N(C#N)Cc1ccccc1. The Morgan fingerprint density at radius 2 is 2.08 bits per heavy atom. The van der Waals surface area contributed by atoms with Gasteiger partial charge in [0.05, 0.1) is 6.54 Å². The van der Waals surface area contributed by atoms with Gasteiger partial charge in [-0.05, 0) is 5.56 Å². The summed E-state index contributed by atoms with van der Waals surface area (Å²) >= 11 is 0. The van der Waals surface area contributed by atoms with Crippen molar-refractivity contribution < 1.29 is 4.79 Å². The zero-order valence-electron chi connectivity index (χ0n) is 7.10. The number of nitrogens with zero attached hydrogens (tertiary/aromatic N) is 2. The van der Waals surface area contributed by atoms with Gasteiger partial charge in [-0.1, -0.05) is 30.3 Å². The quantitative estimate of drug-likeness (QED) is 0.500. The van der Waals surface area contributed by atoms with Crippen LogP contribution in [0.15, 0.2) is 30.3 Å². The monoisotopic (exact) mass is 173 g/mol. The Morgan fingerprint density at radius 1 is 1.46 bits per heavy atom. The third kappa shape index (κ3) is 2.60. The molecule has 0 aromatic heterocycles. The molecule has 1 rings (SSSR count). The van der Waals surface area contributed by atoms with Crippen molar-refractivity contribution in [2.45, 2.75) is 6.54 Å². The first kappa shape index (κ1) is 9.27. The summed E-state index contributed by atoms with van der Waals surface area (Å²) in [6.07, 6.45) is 1.77. The van der Waals surface area contributed by atoms with E-state index in [-0.39, 0.29) is 0 Å². The molecule has 65 valence electrons. The van der Waals surface area contributed by atoms with Crippen LogP contribution < -0.4 is 0 Å². The normalized spacial score (nSPS) is 8.92. The first-order chi connectivity index (χ1) is 6.24. The van der Waals surface area contributed by atoms with Gasteiger partial charge in [0.2, 0.25) is 5.91 Å². The Bertz CT molecular complexity index is 327. The van der Waals surface area contributed by atoms with Crippen molar-refractivity contribution in [1.82, 2.24) is 4.90 Å². The van der Waals surface area contributed by atoms with Crippen LogP contribution in [0.2, 0.25) is 0 Å². The van der Waals surface area contributed by atoms with E-state index in [0.717, 1.165) is 10.5 Å². The summed E-state index contributed by atoms with van der Waals surface area (Å²) in [5.41, 5.74) is 0.918. The van der Waals surface area contributed by atoms with Crippen LogP contribution in [0.3, 0.4) is 0 Å². The molecule has 0 aliphatic heterocycles. The van der Waals surface area contributed by atoms with Crippen molar-refractivity contribution in [2.24, 2.45) is 0 Å². The van der Waals surface area contributed by atoms with E-state index in [2.05, 4.69) is 6.92 Å². The van der Waals surface area contributed by atoms with Crippen molar-refractivity contribution in [2.75, 3.05) is 0 Å². The number of rotatable bonds is 2. The predicted octanol–water partition coefficient (Wildman–Crippen LogP) is 1.33. The highest BCUT2D eigenvalue weighted by Crippen LogP contribution is 2.02. The number of nitriles is 1. The first-order valence-corrected chi connectivity index (χ1v) is 3.81. The Labute approximate surface area is 77.2 Å². The molecule has 1 aromatic carbocycles. The molecule has 0 spiro atoms. The molecule has 0 heterocycles. The predicted molar refractivity (Wildman–Crippen MR) is 48.0 cm³/mol. The van der Waals surface area contributed by atoms with Gasteiger partial charge in [0.25, 0.3) is 0 Å². The van der Waals surface area contributed by atoms with E-state index >= 15 is 0 Å². The first-order valence-electron chi connectivity index (χ1n) is 3.81. The molecule has 0 fully saturated rings. The van der Waals surface area contributed by atoms with Gasteiger partial charge in [-0.15, -0.1) is 0 Å². The van der Waals surface area contributed by atoms with E-state index in [1.807, 2.05) is 30.3 Å². The molecule has 1 radical (unpaired) electrons. The van der Waals surface area contributed by atoms with Crippen LogP contribution in [0.25, 0.3) is 0 Å². The molecule has 3 nitrogen and oxygen atoms in total. The summed E-state index contributed by atoms with van der Waals surface area (Å²) in [4.78, 5) is 11.8. The zero-order chi connectivity index (χ0) is 9.68. The minimum Gasteiger partial charge on any atom is -0.274 e. The van der Waals surface area contributed by atoms with Crippen molar-refractivity contribution in [3.05, 3.63) is 42.8 Å². The van der Waals surface area contributed by atoms with Gasteiger partial charge < -0.3 is 0 Å². The lowest BCUT2D eigenvalue weighted by molar-refractivity contribution is -0.123. The summed E-state index contributed by atoms with van der Waals surface area (Å²) in [7, 11) is 0. The summed E-state index contributed by atoms with van der Waals surface area (Å²) < 4.78 is 0. The maximum Gasteiger partial charge on any atom is 0.236 e. The Kier molecular flexibility index (Phi) is 3.04. The van der Waals surface area contributed by atoms with Gasteiger partial charge in [-0.25, -0.2) is 4.90 Å². The second-order valence-corrected chi connectivity index (χ2v) is 2.57. The van der Waals surface area contributed by atoms with Crippen molar-refractivity contribution in [1.29, 1.82) is 5.26 Å². The number of carbonyl (C=O) groups excluding carboxylic acids is 1. The van der Waals surface area contributed by atoms with Crippen LogP contribution in [0.4, 0.5) is 0 Å². The van der Waals surface area contributed by atoms with E-state index in [0.29, 0.717) is 6.54 Å². The van der Waals surface area contributed by atoms with Crippen LogP contribution >= 0.6 is 0 Å². The van der Waals surface area contributed by atoms with E-state index in [1.54, 1.807) is 6.19 Å². The topological polar surface area (TPSA) is 44.1 Å². The average Bonchev–Trinajstić information content (AvgIpc) is 2.15. The number of carbonyl (C=O) groups is 1. The summed E-state index contributed by atoms with van der Waals surface area (Å²) in [6.45, 7) is 3.46. The lowest BCUT2D eigenvalue weighted by Gasteiger charge is -2.10. The van der Waals surface area contributed by atoms with Crippen LogP contribution in [-0.4, -0.2) is 10.8 Å². The third-order valence-corrected chi connectivity index (χ3v) is 1.61. The number of benzene rings is 1. The molecule has 1 amide bonds. The fourth-order valence-electron chi connectivity index (χ4n) is 0.945. The fraction of sp³-hybridized carbons (Fsp3) is 0.100. The standard InChI is InChI=1S/C10H9N2O/c1-9(13)12(8-11)7-10-5-3-2-4-6-10/h2-6H,1,7H2. The Balaban J connectivity index is 2.69. The second-order valence-electron chi connectivity index (χ2n) is 2.57. The highest BCUT2D eigenvalue weighted by molar-refractivity contribution is 5.81. The van der Waals surface area contributed by atoms with Crippen molar-refractivity contribution in [3.63, 3.8) is 0 Å². The summed E-state index contributed by atoms with van der Waals surface area (Å²) in [6, 6.07) is 9.31. The molecular formula is C10H9N2O. The van der Waals surface area contributed by atoms with E-state index in [9.17, 15) is 4.79 Å². The lowest BCUT2D eigenvalue weighted by atomic mass is 10.2. The highest BCUT2D eigenvalue weighted by atomic mass is 16.2. The molecule has 1 aromatic rings. The number of hydrogen-bond acceptors (Lipinski definition) is 2. The molecule has 3 heteroatoms. The van der Waals surface area contributed by atoms with E-state index < -0.39 is 5.91 Å². The smallest absolute Gasteiger partial charge is 0.236 e. The lowest BCUT2D eigenvalue weighted by Crippen LogP contribution is -2.22. The van der Waals surface area contributed by atoms with Crippen molar-refractivity contribution >= 4 is 5.91 Å². The van der Waals surface area contributed by atoms with Gasteiger partial charge in [-0.3, -0.25) is 4.79 Å². The largest absolute Gasteiger partial charge is 0.274 e. The molecule has 0 unspecified atom stereocenters.